The van der Waals surface area contributed by atoms with Crippen molar-refractivity contribution in [3.05, 3.63) is 29.8 Å². The number of rotatable bonds is 2. The first-order valence-corrected chi connectivity index (χ1v) is 3.98. The van der Waals surface area contributed by atoms with Gasteiger partial charge in [0.25, 0.3) is 0 Å². The van der Waals surface area contributed by atoms with Crippen LogP contribution in [-0.4, -0.2) is 18.3 Å². The molecule has 0 amide bonds. The zero-order chi connectivity index (χ0) is 10.8. The number of hydrogen-bond donors (Lipinski definition) is 2. The molecular weight excluding hydrogens is 195 g/mol. The molecule has 0 saturated carbocycles. The summed E-state index contributed by atoms with van der Waals surface area (Å²) < 4.78 is 37.1. The number of alkyl halides is 3. The van der Waals surface area contributed by atoms with E-state index in [4.69, 9.17) is 5.11 Å². The van der Waals surface area contributed by atoms with Gasteiger partial charge in [0.1, 0.15) is 11.8 Å². The lowest BCUT2D eigenvalue weighted by Crippen LogP contribution is -2.31. The van der Waals surface area contributed by atoms with Crippen LogP contribution in [0.3, 0.4) is 0 Å². The number of phenols is 1. The quantitative estimate of drug-likeness (QED) is 0.775. The largest absolute Gasteiger partial charge is 0.508 e. The summed E-state index contributed by atoms with van der Waals surface area (Å²) in [7, 11) is 1.24. The van der Waals surface area contributed by atoms with Crippen LogP contribution in [0.1, 0.15) is 11.6 Å². The number of nitrogens with one attached hydrogen (secondary N) is 1. The van der Waals surface area contributed by atoms with E-state index in [9.17, 15) is 13.2 Å². The molecule has 0 spiro atoms. The fraction of sp³-hybridized carbons (Fsp3) is 0.333. The molecule has 0 aromatic heterocycles. The lowest BCUT2D eigenvalue weighted by Gasteiger charge is -2.19. The molecule has 14 heavy (non-hydrogen) atoms. The van der Waals surface area contributed by atoms with E-state index in [2.05, 4.69) is 5.32 Å². The maximum Gasteiger partial charge on any atom is 0.407 e. The molecule has 2 nitrogen and oxygen atoms in total. The average Bonchev–Trinajstić information content (AvgIpc) is 2.07. The third-order valence-corrected chi connectivity index (χ3v) is 1.84. The van der Waals surface area contributed by atoms with Crippen molar-refractivity contribution in [3.63, 3.8) is 0 Å². The Hall–Kier alpha value is -1.23. The molecule has 1 aromatic carbocycles. The highest BCUT2D eigenvalue weighted by Crippen LogP contribution is 2.32. The highest BCUT2D eigenvalue weighted by atomic mass is 19.4. The van der Waals surface area contributed by atoms with Gasteiger partial charge < -0.3 is 10.4 Å². The molecule has 78 valence electrons. The molecule has 0 radical (unpaired) electrons. The van der Waals surface area contributed by atoms with Gasteiger partial charge in [-0.05, 0) is 24.7 Å². The van der Waals surface area contributed by atoms with E-state index in [0.29, 0.717) is 0 Å². The zero-order valence-electron chi connectivity index (χ0n) is 7.47. The summed E-state index contributed by atoms with van der Waals surface area (Å²) in [4.78, 5) is 0. The van der Waals surface area contributed by atoms with Crippen LogP contribution in [0.4, 0.5) is 13.2 Å². The van der Waals surface area contributed by atoms with Crippen molar-refractivity contribution >= 4 is 0 Å². The second kappa shape index (κ2) is 3.88. The van der Waals surface area contributed by atoms with Gasteiger partial charge in [-0.1, -0.05) is 12.1 Å². The minimum Gasteiger partial charge on any atom is -0.508 e. The molecule has 1 aromatic rings. The predicted molar refractivity (Wildman–Crippen MR) is 46.0 cm³/mol. The maximum absolute atomic E-state index is 12.4. The van der Waals surface area contributed by atoms with Gasteiger partial charge in [-0.15, -0.1) is 0 Å². The van der Waals surface area contributed by atoms with E-state index in [1.807, 2.05) is 0 Å². The van der Waals surface area contributed by atoms with Gasteiger partial charge in [0.2, 0.25) is 0 Å². The van der Waals surface area contributed by atoms with Gasteiger partial charge in [0.15, 0.2) is 0 Å². The summed E-state index contributed by atoms with van der Waals surface area (Å²) in [6.45, 7) is 0. The number of hydrogen-bond acceptors (Lipinski definition) is 2. The van der Waals surface area contributed by atoms with Gasteiger partial charge in [-0.2, -0.15) is 13.2 Å². The standard InChI is InChI=1S/C9H10F3NO/c1-13-8(9(10,11)12)6-2-4-7(14)5-3-6/h2-5,8,13-14H,1H3. The van der Waals surface area contributed by atoms with Crippen LogP contribution in [0.15, 0.2) is 24.3 Å². The molecule has 0 bridgehead atoms. The van der Waals surface area contributed by atoms with Gasteiger partial charge in [0.05, 0.1) is 0 Å². The van der Waals surface area contributed by atoms with Crippen molar-refractivity contribution in [2.45, 2.75) is 12.2 Å². The van der Waals surface area contributed by atoms with Crippen molar-refractivity contribution in [3.8, 4) is 5.75 Å². The Balaban J connectivity index is 2.96. The Morgan fingerprint density at radius 3 is 2.07 bits per heavy atom. The highest BCUT2D eigenvalue weighted by molar-refractivity contribution is 5.28. The van der Waals surface area contributed by atoms with Crippen molar-refractivity contribution in [1.29, 1.82) is 0 Å². The molecule has 0 aliphatic carbocycles. The lowest BCUT2D eigenvalue weighted by atomic mass is 10.1. The second-order valence-electron chi connectivity index (χ2n) is 2.85. The fourth-order valence-electron chi connectivity index (χ4n) is 1.19. The molecule has 5 heteroatoms. The normalized spacial score (nSPS) is 14.0. The van der Waals surface area contributed by atoms with Crippen LogP contribution in [0, 0.1) is 0 Å². The Morgan fingerprint density at radius 1 is 1.21 bits per heavy atom. The summed E-state index contributed by atoms with van der Waals surface area (Å²) in [5.74, 6) is -0.0502. The summed E-state index contributed by atoms with van der Waals surface area (Å²) >= 11 is 0. The molecular formula is C9H10F3NO. The van der Waals surface area contributed by atoms with Gasteiger partial charge in [-0.3, -0.25) is 0 Å². The smallest absolute Gasteiger partial charge is 0.407 e. The SMILES string of the molecule is CNC(c1ccc(O)cc1)C(F)(F)F. The van der Waals surface area contributed by atoms with E-state index in [0.717, 1.165) is 0 Å². The molecule has 1 unspecified atom stereocenters. The molecule has 0 aliphatic heterocycles. The van der Waals surface area contributed by atoms with E-state index in [1.54, 1.807) is 0 Å². The van der Waals surface area contributed by atoms with Crippen molar-refractivity contribution < 1.29 is 18.3 Å². The Bertz CT molecular complexity index is 294. The third-order valence-electron chi connectivity index (χ3n) is 1.84. The second-order valence-corrected chi connectivity index (χ2v) is 2.85. The van der Waals surface area contributed by atoms with E-state index in [1.165, 1.54) is 31.3 Å². The summed E-state index contributed by atoms with van der Waals surface area (Å²) in [5.41, 5.74) is 0.0813. The molecule has 1 rings (SSSR count). The Morgan fingerprint density at radius 2 is 1.71 bits per heavy atom. The number of aromatic hydroxyl groups is 1. The average molecular weight is 205 g/mol. The van der Waals surface area contributed by atoms with Crippen LogP contribution in [0.5, 0.6) is 5.75 Å². The number of phenolic OH excluding ortho intramolecular Hbond substituents is 1. The first-order valence-electron chi connectivity index (χ1n) is 3.98. The monoisotopic (exact) mass is 205 g/mol. The van der Waals surface area contributed by atoms with Crippen molar-refractivity contribution in [2.75, 3.05) is 7.05 Å². The number of halogens is 3. The molecule has 0 fully saturated rings. The van der Waals surface area contributed by atoms with Crippen LogP contribution in [0.2, 0.25) is 0 Å². The van der Waals surface area contributed by atoms with E-state index in [-0.39, 0.29) is 11.3 Å². The summed E-state index contributed by atoms with van der Waals surface area (Å²) in [5, 5.41) is 11.1. The first-order chi connectivity index (χ1) is 6.45. The van der Waals surface area contributed by atoms with E-state index < -0.39 is 12.2 Å². The van der Waals surface area contributed by atoms with Crippen LogP contribution in [-0.2, 0) is 0 Å². The highest BCUT2D eigenvalue weighted by Gasteiger charge is 2.39. The molecule has 0 heterocycles. The predicted octanol–water partition coefficient (Wildman–Crippen LogP) is 2.21. The Kier molecular flexibility index (Phi) is 3.00. The van der Waals surface area contributed by atoms with Crippen molar-refractivity contribution in [2.24, 2.45) is 0 Å². The van der Waals surface area contributed by atoms with Gasteiger partial charge >= 0.3 is 6.18 Å². The Labute approximate surface area is 79.4 Å². The fourth-order valence-corrected chi connectivity index (χ4v) is 1.19. The molecule has 0 aliphatic rings. The topological polar surface area (TPSA) is 32.3 Å². The van der Waals surface area contributed by atoms with Crippen LogP contribution < -0.4 is 5.32 Å². The zero-order valence-corrected chi connectivity index (χ0v) is 7.47. The molecule has 2 N–H and O–H groups in total. The third kappa shape index (κ3) is 2.38. The van der Waals surface area contributed by atoms with Crippen LogP contribution >= 0.6 is 0 Å². The maximum atomic E-state index is 12.4. The van der Waals surface area contributed by atoms with Gasteiger partial charge in [0, 0.05) is 0 Å². The summed E-state index contributed by atoms with van der Waals surface area (Å²) in [6.07, 6.45) is -4.33. The lowest BCUT2D eigenvalue weighted by molar-refractivity contribution is -0.156. The first kappa shape index (κ1) is 10.8. The minimum atomic E-state index is -4.33. The minimum absolute atomic E-state index is 0.0502. The molecule has 1 atom stereocenters. The van der Waals surface area contributed by atoms with Crippen LogP contribution in [0.25, 0.3) is 0 Å². The number of benzene rings is 1. The van der Waals surface area contributed by atoms with Gasteiger partial charge in [-0.25, -0.2) is 0 Å². The summed E-state index contributed by atoms with van der Waals surface area (Å²) in [6, 6.07) is 3.24. The van der Waals surface area contributed by atoms with Crippen molar-refractivity contribution in [1.82, 2.24) is 5.32 Å². The van der Waals surface area contributed by atoms with E-state index >= 15 is 0 Å². The molecule has 0 saturated heterocycles.